The van der Waals surface area contributed by atoms with Crippen LogP contribution in [0.2, 0.25) is 0 Å². The number of carbonyl (C=O) groups excluding carboxylic acids is 1. The number of rotatable bonds is 8. The van der Waals surface area contributed by atoms with E-state index < -0.39 is 35.3 Å². The average Bonchev–Trinajstić information content (AvgIpc) is 2.65. The van der Waals surface area contributed by atoms with Crippen LogP contribution in [0.15, 0.2) is 54.6 Å². The fourth-order valence-corrected chi connectivity index (χ4v) is 3.51. The van der Waals surface area contributed by atoms with Gasteiger partial charge in [0.05, 0.1) is 16.7 Å². The molecule has 0 spiro atoms. The van der Waals surface area contributed by atoms with Gasteiger partial charge < -0.3 is 4.90 Å². The monoisotopic (exact) mass is 412 g/mol. The normalized spacial score (nSPS) is 12.4. The summed E-state index contributed by atoms with van der Waals surface area (Å²) >= 11 is 1.22. The zero-order valence-corrected chi connectivity index (χ0v) is 15.9. The number of para-hydroxylation sites is 1. The molecule has 2 rings (SSSR count). The van der Waals surface area contributed by atoms with E-state index in [1.54, 1.807) is 6.92 Å². The molecule has 0 radical (unpaired) electrons. The Morgan fingerprint density at radius 3 is 2.36 bits per heavy atom. The van der Waals surface area contributed by atoms with Gasteiger partial charge in [0.2, 0.25) is 5.91 Å². The first-order valence-corrected chi connectivity index (χ1v) is 9.45. The van der Waals surface area contributed by atoms with Crippen molar-refractivity contribution < 1.29 is 22.9 Å². The van der Waals surface area contributed by atoms with Crippen LogP contribution in [0.5, 0.6) is 0 Å². The Bertz CT molecular complexity index is 816. The van der Waals surface area contributed by atoms with Gasteiger partial charge in [-0.1, -0.05) is 48.5 Å². The zero-order valence-electron chi connectivity index (χ0n) is 15.1. The molecule has 28 heavy (non-hydrogen) atoms. The van der Waals surface area contributed by atoms with Gasteiger partial charge in [0.1, 0.15) is 6.54 Å². The molecule has 0 aliphatic carbocycles. The number of hydrogen-bond donors (Lipinski definition) is 0. The standard InChI is InChI=1S/C19H19F3N2O3S/c1-14(28-12-15-7-3-2-4-8-15)18(25)23(13-19(20,21)22)11-16-9-5-6-10-17(16)24(26)27/h2-10,14H,11-13H2,1H3. The molecule has 2 aromatic rings. The molecule has 2 aromatic carbocycles. The molecule has 1 unspecified atom stereocenters. The second-order valence-electron chi connectivity index (χ2n) is 6.13. The smallest absolute Gasteiger partial charge is 0.328 e. The van der Waals surface area contributed by atoms with Crippen LogP contribution < -0.4 is 0 Å². The minimum absolute atomic E-state index is 0.0605. The fraction of sp³-hybridized carbons (Fsp3) is 0.316. The van der Waals surface area contributed by atoms with E-state index in [2.05, 4.69) is 0 Å². The molecule has 0 aliphatic heterocycles. The van der Waals surface area contributed by atoms with Crippen molar-refractivity contribution in [3.63, 3.8) is 0 Å². The molecule has 0 bridgehead atoms. The van der Waals surface area contributed by atoms with Gasteiger partial charge >= 0.3 is 6.18 Å². The van der Waals surface area contributed by atoms with Crippen LogP contribution in [-0.2, 0) is 17.1 Å². The highest BCUT2D eigenvalue weighted by Gasteiger charge is 2.35. The third-order valence-corrected chi connectivity index (χ3v) is 5.12. The number of halogens is 3. The molecular weight excluding hydrogens is 393 g/mol. The summed E-state index contributed by atoms with van der Waals surface area (Å²) in [7, 11) is 0. The molecule has 9 heteroatoms. The van der Waals surface area contributed by atoms with E-state index in [0.717, 1.165) is 5.56 Å². The van der Waals surface area contributed by atoms with Gasteiger partial charge in [0.15, 0.2) is 0 Å². The van der Waals surface area contributed by atoms with Crippen molar-refractivity contribution in [2.75, 3.05) is 6.54 Å². The third kappa shape index (κ3) is 6.56. The maximum absolute atomic E-state index is 13.0. The van der Waals surface area contributed by atoms with Crippen LogP contribution >= 0.6 is 11.8 Å². The summed E-state index contributed by atoms with van der Waals surface area (Å²) in [6.45, 7) is -0.404. The van der Waals surface area contributed by atoms with Crippen molar-refractivity contribution >= 4 is 23.4 Å². The lowest BCUT2D eigenvalue weighted by Crippen LogP contribution is -2.42. The minimum atomic E-state index is -4.61. The number of thioether (sulfide) groups is 1. The Morgan fingerprint density at radius 2 is 1.75 bits per heavy atom. The van der Waals surface area contributed by atoms with E-state index in [9.17, 15) is 28.1 Å². The zero-order chi connectivity index (χ0) is 20.7. The Kier molecular flexibility index (Phi) is 7.45. The Balaban J connectivity index is 2.15. The molecule has 0 aliphatic rings. The predicted octanol–water partition coefficient (Wildman–Crippen LogP) is 4.81. The molecule has 0 heterocycles. The highest BCUT2D eigenvalue weighted by atomic mass is 32.2. The van der Waals surface area contributed by atoms with Crippen LogP contribution in [0.4, 0.5) is 18.9 Å². The third-order valence-electron chi connectivity index (χ3n) is 3.92. The first-order valence-electron chi connectivity index (χ1n) is 8.40. The van der Waals surface area contributed by atoms with Crippen molar-refractivity contribution in [1.82, 2.24) is 4.90 Å². The van der Waals surface area contributed by atoms with Crippen molar-refractivity contribution in [3.8, 4) is 0 Å². The van der Waals surface area contributed by atoms with Crippen LogP contribution in [0.3, 0.4) is 0 Å². The summed E-state index contributed by atoms with van der Waals surface area (Å²) in [4.78, 5) is 23.8. The number of carbonyl (C=O) groups is 1. The maximum Gasteiger partial charge on any atom is 0.406 e. The molecule has 5 nitrogen and oxygen atoms in total. The van der Waals surface area contributed by atoms with Gasteiger partial charge in [0, 0.05) is 17.4 Å². The highest BCUT2D eigenvalue weighted by molar-refractivity contribution is 7.99. The average molecular weight is 412 g/mol. The molecule has 1 amide bonds. The number of hydrogen-bond acceptors (Lipinski definition) is 4. The largest absolute Gasteiger partial charge is 0.406 e. The first kappa shape index (κ1) is 21.7. The molecule has 1 atom stereocenters. The molecule has 0 saturated carbocycles. The second kappa shape index (κ2) is 9.59. The topological polar surface area (TPSA) is 63.5 Å². The van der Waals surface area contributed by atoms with Gasteiger partial charge in [-0.3, -0.25) is 14.9 Å². The van der Waals surface area contributed by atoms with Gasteiger partial charge in [-0.2, -0.15) is 13.2 Å². The number of benzene rings is 2. The number of alkyl halides is 3. The van der Waals surface area contributed by atoms with Crippen LogP contribution in [0.25, 0.3) is 0 Å². The van der Waals surface area contributed by atoms with E-state index in [4.69, 9.17) is 0 Å². The number of nitro benzene ring substituents is 1. The van der Waals surface area contributed by atoms with Crippen molar-refractivity contribution in [2.45, 2.75) is 30.6 Å². The number of amides is 1. The van der Waals surface area contributed by atoms with E-state index in [-0.39, 0.29) is 11.3 Å². The Morgan fingerprint density at radius 1 is 1.14 bits per heavy atom. The van der Waals surface area contributed by atoms with Gasteiger partial charge in [-0.05, 0) is 12.5 Å². The Labute approximate surface area is 164 Å². The second-order valence-corrected chi connectivity index (χ2v) is 7.46. The van der Waals surface area contributed by atoms with Crippen LogP contribution in [0.1, 0.15) is 18.1 Å². The summed E-state index contributed by atoms with van der Waals surface area (Å²) in [6, 6.07) is 14.7. The number of nitrogens with zero attached hydrogens (tertiary/aromatic N) is 2. The quantitative estimate of drug-likeness (QED) is 0.461. The lowest BCUT2D eigenvalue weighted by Gasteiger charge is -2.26. The van der Waals surface area contributed by atoms with Gasteiger partial charge in [-0.15, -0.1) is 11.8 Å². The van der Waals surface area contributed by atoms with Crippen LogP contribution in [0, 0.1) is 10.1 Å². The summed E-state index contributed by atoms with van der Waals surface area (Å²) in [5, 5.41) is 10.4. The molecule has 0 saturated heterocycles. The van der Waals surface area contributed by atoms with Crippen molar-refractivity contribution in [1.29, 1.82) is 0 Å². The van der Waals surface area contributed by atoms with Gasteiger partial charge in [0.25, 0.3) is 5.69 Å². The lowest BCUT2D eigenvalue weighted by molar-refractivity contribution is -0.385. The van der Waals surface area contributed by atoms with E-state index in [1.165, 1.54) is 36.0 Å². The predicted molar refractivity (Wildman–Crippen MR) is 102 cm³/mol. The minimum Gasteiger partial charge on any atom is -0.328 e. The molecular formula is C19H19F3N2O3S. The van der Waals surface area contributed by atoms with E-state index in [1.807, 2.05) is 30.3 Å². The highest BCUT2D eigenvalue weighted by Crippen LogP contribution is 2.26. The molecule has 0 fully saturated rings. The molecule has 0 N–H and O–H groups in total. The number of nitro groups is 1. The van der Waals surface area contributed by atoms with E-state index in [0.29, 0.717) is 10.7 Å². The molecule has 0 aromatic heterocycles. The fourth-order valence-electron chi connectivity index (χ4n) is 2.58. The Hall–Kier alpha value is -2.55. The summed E-state index contributed by atoms with van der Waals surface area (Å²) < 4.78 is 39.0. The maximum atomic E-state index is 13.0. The summed E-state index contributed by atoms with van der Waals surface area (Å²) in [5.74, 6) is -0.240. The summed E-state index contributed by atoms with van der Waals surface area (Å²) in [6.07, 6.45) is -4.61. The van der Waals surface area contributed by atoms with Crippen molar-refractivity contribution in [3.05, 3.63) is 75.8 Å². The first-order chi connectivity index (χ1) is 13.2. The SMILES string of the molecule is CC(SCc1ccccc1)C(=O)N(Cc1ccccc1[N+](=O)[O-])CC(F)(F)F. The lowest BCUT2D eigenvalue weighted by atomic mass is 10.1. The summed E-state index contributed by atoms with van der Waals surface area (Å²) in [5.41, 5.74) is 0.700. The van der Waals surface area contributed by atoms with E-state index >= 15 is 0 Å². The van der Waals surface area contributed by atoms with Crippen LogP contribution in [-0.4, -0.2) is 33.7 Å². The van der Waals surface area contributed by atoms with Crippen molar-refractivity contribution in [2.24, 2.45) is 0 Å². The molecule has 150 valence electrons. The van der Waals surface area contributed by atoms with Gasteiger partial charge in [-0.25, -0.2) is 0 Å².